The molecule has 0 atom stereocenters. The van der Waals surface area contributed by atoms with E-state index in [9.17, 15) is 0 Å². The Morgan fingerprint density at radius 2 is 1.94 bits per heavy atom. The molecule has 0 N–H and O–H groups in total. The van der Waals surface area contributed by atoms with Crippen molar-refractivity contribution in [3.8, 4) is 0 Å². The summed E-state index contributed by atoms with van der Waals surface area (Å²) in [5.41, 5.74) is 3.06. The van der Waals surface area contributed by atoms with Crippen LogP contribution in [0.3, 0.4) is 0 Å². The number of benzene rings is 1. The van der Waals surface area contributed by atoms with Gasteiger partial charge in [0.05, 0.1) is 0 Å². The van der Waals surface area contributed by atoms with Gasteiger partial charge in [0.25, 0.3) is 0 Å². The van der Waals surface area contributed by atoms with Gasteiger partial charge in [-0.1, -0.05) is 44.4 Å². The van der Waals surface area contributed by atoms with Crippen LogP contribution < -0.4 is 4.90 Å². The number of nitrogens with zero attached hydrogens (tertiary/aromatic N) is 1. The third kappa shape index (κ3) is 3.49. The average Bonchev–Trinajstić information content (AvgIpc) is 2.57. The molecule has 1 aromatic rings. The van der Waals surface area contributed by atoms with E-state index in [-0.39, 0.29) is 0 Å². The number of para-hydroxylation sites is 1. The molecule has 0 unspecified atom stereocenters. The summed E-state index contributed by atoms with van der Waals surface area (Å²) >= 11 is 0. The Kier molecular flexibility index (Phi) is 4.90. The van der Waals surface area contributed by atoms with Crippen molar-refractivity contribution in [2.24, 2.45) is 0 Å². The maximum absolute atomic E-state index is 2.61. The van der Waals surface area contributed by atoms with Gasteiger partial charge in [0.1, 0.15) is 0 Å². The molecular formula is C16H25N. The molecule has 94 valence electrons. The third-order valence-corrected chi connectivity index (χ3v) is 3.74. The van der Waals surface area contributed by atoms with Gasteiger partial charge >= 0.3 is 0 Å². The fourth-order valence-electron chi connectivity index (χ4n) is 2.73. The summed E-state index contributed by atoms with van der Waals surface area (Å²) in [5.74, 6) is 0. The fraction of sp³-hybridized carbons (Fsp3) is 0.625. The van der Waals surface area contributed by atoms with Gasteiger partial charge in [0, 0.05) is 18.8 Å². The van der Waals surface area contributed by atoms with E-state index in [2.05, 4.69) is 36.1 Å². The number of fused-ring (bicyclic) bond motifs is 1. The molecule has 1 heteroatoms. The van der Waals surface area contributed by atoms with Gasteiger partial charge in [-0.15, -0.1) is 0 Å². The van der Waals surface area contributed by atoms with Crippen LogP contribution in [0.25, 0.3) is 0 Å². The lowest BCUT2D eigenvalue weighted by molar-refractivity contribution is 0.633. The van der Waals surface area contributed by atoms with Gasteiger partial charge in [-0.05, 0) is 37.3 Å². The second-order valence-corrected chi connectivity index (χ2v) is 5.13. The number of hydrogen-bond donors (Lipinski definition) is 0. The van der Waals surface area contributed by atoms with Gasteiger partial charge < -0.3 is 4.90 Å². The average molecular weight is 231 g/mol. The van der Waals surface area contributed by atoms with E-state index in [1.54, 1.807) is 5.56 Å². The second-order valence-electron chi connectivity index (χ2n) is 5.13. The van der Waals surface area contributed by atoms with E-state index < -0.39 is 0 Å². The van der Waals surface area contributed by atoms with Gasteiger partial charge in [-0.25, -0.2) is 0 Å². The Labute approximate surface area is 106 Å². The predicted molar refractivity (Wildman–Crippen MR) is 75.7 cm³/mol. The number of hydrogen-bond acceptors (Lipinski definition) is 1. The van der Waals surface area contributed by atoms with E-state index in [1.807, 2.05) is 0 Å². The van der Waals surface area contributed by atoms with Crippen molar-refractivity contribution in [1.82, 2.24) is 0 Å². The normalized spacial score (nSPS) is 15.5. The van der Waals surface area contributed by atoms with Crippen molar-refractivity contribution in [3.63, 3.8) is 0 Å². The molecule has 0 aliphatic carbocycles. The first-order valence-electron chi connectivity index (χ1n) is 7.24. The summed E-state index contributed by atoms with van der Waals surface area (Å²) in [7, 11) is 0. The summed E-state index contributed by atoms with van der Waals surface area (Å²) in [5, 5.41) is 0. The smallest absolute Gasteiger partial charge is 0.0398 e. The zero-order valence-corrected chi connectivity index (χ0v) is 11.1. The van der Waals surface area contributed by atoms with Crippen LogP contribution in [0.2, 0.25) is 0 Å². The van der Waals surface area contributed by atoms with Crippen LogP contribution in [-0.4, -0.2) is 13.1 Å². The lowest BCUT2D eigenvalue weighted by Gasteiger charge is -2.24. The Bertz CT molecular complexity index is 332. The maximum atomic E-state index is 2.61. The SMILES string of the molecule is CCCCCCN1CCCCc2ccccc21. The molecule has 17 heavy (non-hydrogen) atoms. The highest BCUT2D eigenvalue weighted by molar-refractivity contribution is 5.54. The summed E-state index contributed by atoms with van der Waals surface area (Å²) in [6.45, 7) is 4.78. The quantitative estimate of drug-likeness (QED) is 0.678. The predicted octanol–water partition coefficient (Wildman–Crippen LogP) is 4.41. The highest BCUT2D eigenvalue weighted by Crippen LogP contribution is 2.26. The molecule has 0 spiro atoms. The zero-order valence-electron chi connectivity index (χ0n) is 11.1. The summed E-state index contributed by atoms with van der Waals surface area (Å²) in [6.07, 6.45) is 9.41. The van der Waals surface area contributed by atoms with Crippen molar-refractivity contribution in [1.29, 1.82) is 0 Å². The summed E-state index contributed by atoms with van der Waals surface area (Å²) in [6, 6.07) is 8.97. The van der Waals surface area contributed by atoms with Crippen molar-refractivity contribution in [2.75, 3.05) is 18.0 Å². The Morgan fingerprint density at radius 3 is 2.82 bits per heavy atom. The molecule has 0 bridgehead atoms. The molecule has 0 amide bonds. The van der Waals surface area contributed by atoms with Crippen LogP contribution in [0.15, 0.2) is 24.3 Å². The van der Waals surface area contributed by atoms with Crippen molar-refractivity contribution < 1.29 is 0 Å². The molecule has 1 aromatic carbocycles. The summed E-state index contributed by atoms with van der Waals surface area (Å²) in [4.78, 5) is 2.61. The third-order valence-electron chi connectivity index (χ3n) is 3.74. The lowest BCUT2D eigenvalue weighted by Crippen LogP contribution is -2.25. The minimum atomic E-state index is 1.25. The Balaban J connectivity index is 1.97. The van der Waals surface area contributed by atoms with Crippen molar-refractivity contribution >= 4 is 5.69 Å². The highest BCUT2D eigenvalue weighted by Gasteiger charge is 2.13. The van der Waals surface area contributed by atoms with Gasteiger partial charge in [0.2, 0.25) is 0 Å². The first-order valence-corrected chi connectivity index (χ1v) is 7.24. The molecule has 0 saturated heterocycles. The van der Waals surface area contributed by atoms with Crippen LogP contribution >= 0.6 is 0 Å². The summed E-state index contributed by atoms with van der Waals surface area (Å²) < 4.78 is 0. The number of anilines is 1. The molecule has 0 saturated carbocycles. The number of unbranched alkanes of at least 4 members (excludes halogenated alkanes) is 3. The minimum Gasteiger partial charge on any atom is -0.371 e. The zero-order chi connectivity index (χ0) is 11.9. The van der Waals surface area contributed by atoms with E-state index in [0.29, 0.717) is 0 Å². The molecular weight excluding hydrogens is 206 g/mol. The first-order chi connectivity index (χ1) is 8.42. The molecule has 1 nitrogen and oxygen atoms in total. The van der Waals surface area contributed by atoms with E-state index in [0.717, 1.165) is 0 Å². The Morgan fingerprint density at radius 1 is 1.06 bits per heavy atom. The minimum absolute atomic E-state index is 1.25. The van der Waals surface area contributed by atoms with E-state index in [4.69, 9.17) is 0 Å². The molecule has 1 heterocycles. The van der Waals surface area contributed by atoms with Crippen molar-refractivity contribution in [2.45, 2.75) is 51.9 Å². The van der Waals surface area contributed by atoms with Gasteiger partial charge in [-0.3, -0.25) is 0 Å². The lowest BCUT2D eigenvalue weighted by atomic mass is 10.1. The molecule has 2 rings (SSSR count). The maximum Gasteiger partial charge on any atom is 0.0398 e. The van der Waals surface area contributed by atoms with Crippen molar-refractivity contribution in [3.05, 3.63) is 29.8 Å². The first kappa shape index (κ1) is 12.5. The fourth-order valence-corrected chi connectivity index (χ4v) is 2.73. The van der Waals surface area contributed by atoms with E-state index >= 15 is 0 Å². The largest absolute Gasteiger partial charge is 0.371 e. The van der Waals surface area contributed by atoms with Crippen LogP contribution in [0.1, 0.15) is 51.0 Å². The topological polar surface area (TPSA) is 3.24 Å². The highest BCUT2D eigenvalue weighted by atomic mass is 15.1. The molecule has 0 radical (unpaired) electrons. The Hall–Kier alpha value is -0.980. The van der Waals surface area contributed by atoms with Gasteiger partial charge in [-0.2, -0.15) is 0 Å². The van der Waals surface area contributed by atoms with Crippen LogP contribution in [0.4, 0.5) is 5.69 Å². The van der Waals surface area contributed by atoms with Crippen LogP contribution in [0, 0.1) is 0 Å². The van der Waals surface area contributed by atoms with E-state index in [1.165, 1.54) is 63.7 Å². The molecule has 1 aliphatic rings. The van der Waals surface area contributed by atoms with Crippen LogP contribution in [0.5, 0.6) is 0 Å². The molecule has 0 aromatic heterocycles. The molecule has 0 fully saturated rings. The molecule has 1 aliphatic heterocycles. The van der Waals surface area contributed by atoms with Crippen LogP contribution in [-0.2, 0) is 6.42 Å². The number of rotatable bonds is 5. The number of aryl methyl sites for hydroxylation is 1. The van der Waals surface area contributed by atoms with Gasteiger partial charge in [0.15, 0.2) is 0 Å². The second kappa shape index (κ2) is 6.68. The monoisotopic (exact) mass is 231 g/mol. The standard InChI is InChI=1S/C16H25N/c1-2-3-4-8-13-17-14-9-7-11-15-10-5-6-12-16(15)17/h5-6,10,12H,2-4,7-9,11,13-14H2,1H3.